The molecule has 2 aromatic carbocycles. The molecule has 1 N–H and O–H groups in total. The van der Waals surface area contributed by atoms with E-state index in [4.69, 9.17) is 0 Å². The molecular formula is C24H31N3O3S2. The van der Waals surface area contributed by atoms with E-state index in [1.165, 1.54) is 0 Å². The fourth-order valence-corrected chi connectivity index (χ4v) is 7.00. The number of rotatable bonds is 6. The molecule has 2 aliphatic rings. The Bertz CT molecular complexity index is 1030. The lowest BCUT2D eigenvalue weighted by Gasteiger charge is -2.32. The lowest BCUT2D eigenvalue weighted by Crippen LogP contribution is -2.41. The Morgan fingerprint density at radius 2 is 1.75 bits per heavy atom. The summed E-state index contributed by atoms with van der Waals surface area (Å²) in [6.07, 6.45) is 2.83. The maximum atomic E-state index is 13.0. The maximum Gasteiger partial charge on any atom is 0.255 e. The van der Waals surface area contributed by atoms with Crippen LogP contribution in [-0.4, -0.2) is 60.7 Å². The minimum Gasteiger partial charge on any atom is -0.322 e. The molecule has 8 heteroatoms. The third kappa shape index (κ3) is 5.36. The number of para-hydroxylation sites is 1. The highest BCUT2D eigenvalue weighted by atomic mass is 32.2. The van der Waals surface area contributed by atoms with Gasteiger partial charge in [-0.3, -0.25) is 9.69 Å². The SMILES string of the molecule is CC1CCCCN1S(=O)(=O)c1ccc(C(=O)Nc2ccccc2CN2CCSCC2)cc1. The summed E-state index contributed by atoms with van der Waals surface area (Å²) < 4.78 is 27.6. The average Bonchev–Trinajstić information content (AvgIpc) is 2.81. The van der Waals surface area contributed by atoms with E-state index in [9.17, 15) is 13.2 Å². The second-order valence-electron chi connectivity index (χ2n) is 8.48. The second-order valence-corrected chi connectivity index (χ2v) is 11.6. The van der Waals surface area contributed by atoms with Crippen LogP contribution in [0.15, 0.2) is 53.4 Å². The van der Waals surface area contributed by atoms with E-state index in [0.717, 1.165) is 61.7 Å². The Kier molecular flexibility index (Phi) is 7.55. The van der Waals surface area contributed by atoms with Gasteiger partial charge in [-0.05, 0) is 55.7 Å². The number of hydrogen-bond donors (Lipinski definition) is 1. The highest BCUT2D eigenvalue weighted by Crippen LogP contribution is 2.26. The number of sulfonamides is 1. The van der Waals surface area contributed by atoms with Crippen molar-refractivity contribution < 1.29 is 13.2 Å². The van der Waals surface area contributed by atoms with Gasteiger partial charge >= 0.3 is 0 Å². The van der Waals surface area contributed by atoms with E-state index in [1.807, 2.05) is 43.0 Å². The summed E-state index contributed by atoms with van der Waals surface area (Å²) in [5, 5.41) is 3.01. The summed E-state index contributed by atoms with van der Waals surface area (Å²) >= 11 is 1.98. The number of carbonyl (C=O) groups excluding carboxylic acids is 1. The standard InChI is InChI=1S/C24H31N3O3S2/c1-19-6-4-5-13-27(19)32(29,30)22-11-9-20(10-12-22)24(28)25-23-8-3-2-7-21(23)18-26-14-16-31-17-15-26/h2-3,7-12,19H,4-6,13-18H2,1H3,(H,25,28). The monoisotopic (exact) mass is 473 g/mol. The minimum absolute atomic E-state index is 0.00623. The lowest BCUT2D eigenvalue weighted by atomic mass is 10.1. The average molecular weight is 474 g/mol. The summed E-state index contributed by atoms with van der Waals surface area (Å²) in [7, 11) is -3.54. The predicted molar refractivity (Wildman–Crippen MR) is 131 cm³/mol. The Morgan fingerprint density at radius 1 is 1.03 bits per heavy atom. The van der Waals surface area contributed by atoms with E-state index in [2.05, 4.69) is 10.2 Å². The van der Waals surface area contributed by atoms with Gasteiger partial charge in [-0.15, -0.1) is 0 Å². The number of anilines is 1. The van der Waals surface area contributed by atoms with Crippen molar-refractivity contribution in [1.82, 2.24) is 9.21 Å². The first-order valence-corrected chi connectivity index (χ1v) is 13.9. The van der Waals surface area contributed by atoms with Gasteiger partial charge in [-0.1, -0.05) is 24.6 Å². The first-order chi connectivity index (χ1) is 15.4. The van der Waals surface area contributed by atoms with Crippen molar-refractivity contribution in [3.05, 3.63) is 59.7 Å². The van der Waals surface area contributed by atoms with E-state index >= 15 is 0 Å². The molecule has 0 saturated carbocycles. The summed E-state index contributed by atoms with van der Waals surface area (Å²) in [4.78, 5) is 15.5. The van der Waals surface area contributed by atoms with Gasteiger partial charge in [0, 0.05) is 55.0 Å². The van der Waals surface area contributed by atoms with Crippen molar-refractivity contribution >= 4 is 33.4 Å². The Hall–Kier alpha value is -1.87. The van der Waals surface area contributed by atoms with Gasteiger partial charge < -0.3 is 5.32 Å². The third-order valence-electron chi connectivity index (χ3n) is 6.23. The van der Waals surface area contributed by atoms with Gasteiger partial charge in [0.25, 0.3) is 5.91 Å². The fraction of sp³-hybridized carbons (Fsp3) is 0.458. The summed E-state index contributed by atoms with van der Waals surface area (Å²) in [5.41, 5.74) is 2.33. The highest BCUT2D eigenvalue weighted by Gasteiger charge is 2.31. The first kappa shape index (κ1) is 23.3. The predicted octanol–water partition coefficient (Wildman–Crippen LogP) is 4.05. The number of nitrogens with zero attached hydrogens (tertiary/aromatic N) is 2. The topological polar surface area (TPSA) is 69.7 Å². The molecule has 1 amide bonds. The van der Waals surface area contributed by atoms with Crippen LogP contribution < -0.4 is 5.32 Å². The zero-order chi connectivity index (χ0) is 22.6. The number of carbonyl (C=O) groups is 1. The largest absolute Gasteiger partial charge is 0.322 e. The van der Waals surface area contributed by atoms with Gasteiger partial charge in [-0.25, -0.2) is 8.42 Å². The Morgan fingerprint density at radius 3 is 2.47 bits per heavy atom. The molecule has 2 aliphatic heterocycles. The normalized spacial score (nSPS) is 20.7. The van der Waals surface area contributed by atoms with Crippen molar-refractivity contribution in [2.45, 2.75) is 43.7 Å². The summed E-state index contributed by atoms with van der Waals surface area (Å²) in [6, 6.07) is 14.2. The van der Waals surface area contributed by atoms with Gasteiger partial charge in [0.05, 0.1) is 4.90 Å². The molecular weight excluding hydrogens is 442 g/mol. The molecule has 6 nitrogen and oxygen atoms in total. The summed E-state index contributed by atoms with van der Waals surface area (Å²) in [6.45, 7) is 5.43. The molecule has 4 rings (SSSR count). The second kappa shape index (κ2) is 10.4. The zero-order valence-electron chi connectivity index (χ0n) is 18.5. The number of thioether (sulfide) groups is 1. The molecule has 2 fully saturated rings. The van der Waals surface area contributed by atoms with Gasteiger partial charge in [0.2, 0.25) is 10.0 Å². The Balaban J connectivity index is 1.46. The number of benzene rings is 2. The van der Waals surface area contributed by atoms with Crippen molar-refractivity contribution in [2.75, 3.05) is 36.5 Å². The third-order valence-corrected chi connectivity index (χ3v) is 9.20. The van der Waals surface area contributed by atoms with E-state index in [-0.39, 0.29) is 16.8 Å². The molecule has 1 atom stereocenters. The zero-order valence-corrected chi connectivity index (χ0v) is 20.1. The van der Waals surface area contributed by atoms with Crippen LogP contribution in [0.5, 0.6) is 0 Å². The van der Waals surface area contributed by atoms with Gasteiger partial charge in [-0.2, -0.15) is 16.1 Å². The lowest BCUT2D eigenvalue weighted by molar-refractivity contribution is 0.102. The van der Waals surface area contributed by atoms with Crippen LogP contribution in [0.25, 0.3) is 0 Å². The van der Waals surface area contributed by atoms with Crippen LogP contribution in [0, 0.1) is 0 Å². The molecule has 0 bridgehead atoms. The Labute approximate surface area is 195 Å². The highest BCUT2D eigenvalue weighted by molar-refractivity contribution is 7.99. The van der Waals surface area contributed by atoms with Crippen LogP contribution in [-0.2, 0) is 16.6 Å². The van der Waals surface area contributed by atoms with Crippen LogP contribution in [0.4, 0.5) is 5.69 Å². The maximum absolute atomic E-state index is 13.0. The molecule has 2 aromatic rings. The van der Waals surface area contributed by atoms with Crippen LogP contribution in [0.3, 0.4) is 0 Å². The van der Waals surface area contributed by atoms with Crippen molar-refractivity contribution in [1.29, 1.82) is 0 Å². The number of amides is 1. The first-order valence-electron chi connectivity index (χ1n) is 11.3. The molecule has 32 heavy (non-hydrogen) atoms. The summed E-state index contributed by atoms with van der Waals surface area (Å²) in [5.74, 6) is 2.04. The number of piperidine rings is 1. The van der Waals surface area contributed by atoms with E-state index < -0.39 is 10.0 Å². The molecule has 0 radical (unpaired) electrons. The molecule has 2 heterocycles. The molecule has 2 saturated heterocycles. The van der Waals surface area contributed by atoms with Gasteiger partial charge in [0.15, 0.2) is 0 Å². The number of nitrogens with one attached hydrogen (secondary N) is 1. The van der Waals surface area contributed by atoms with E-state index in [0.29, 0.717) is 12.1 Å². The van der Waals surface area contributed by atoms with Gasteiger partial charge in [0.1, 0.15) is 0 Å². The quantitative estimate of drug-likeness (QED) is 0.685. The fourth-order valence-electron chi connectivity index (χ4n) is 4.32. The van der Waals surface area contributed by atoms with Crippen molar-refractivity contribution in [3.8, 4) is 0 Å². The van der Waals surface area contributed by atoms with Crippen LogP contribution in [0.1, 0.15) is 42.1 Å². The molecule has 0 spiro atoms. The number of hydrogen-bond acceptors (Lipinski definition) is 5. The molecule has 172 valence electrons. The smallest absolute Gasteiger partial charge is 0.255 e. The van der Waals surface area contributed by atoms with Crippen molar-refractivity contribution in [3.63, 3.8) is 0 Å². The van der Waals surface area contributed by atoms with Crippen molar-refractivity contribution in [2.24, 2.45) is 0 Å². The van der Waals surface area contributed by atoms with Crippen LogP contribution >= 0.6 is 11.8 Å². The molecule has 0 aliphatic carbocycles. The molecule has 1 unspecified atom stereocenters. The minimum atomic E-state index is -3.54. The molecule has 0 aromatic heterocycles. The van der Waals surface area contributed by atoms with Crippen LogP contribution in [0.2, 0.25) is 0 Å². The van der Waals surface area contributed by atoms with E-state index in [1.54, 1.807) is 28.6 Å².